The minimum atomic E-state index is -0.481. The number of rotatable bonds is 8. The molecular weight excluding hydrogens is 771 g/mol. The van der Waals surface area contributed by atoms with E-state index < -0.39 is 5.41 Å². The Kier molecular flexibility index (Phi) is 9.70. The van der Waals surface area contributed by atoms with Gasteiger partial charge in [-0.05, 0) is 113 Å². The zero-order valence-corrected chi connectivity index (χ0v) is 36.5. The van der Waals surface area contributed by atoms with E-state index in [9.17, 15) is 0 Å². The molecule has 1 heteroatoms. The molecule has 10 aromatic rings. The second kappa shape index (κ2) is 15.9. The molecular formula is C63H49N. The lowest BCUT2D eigenvalue weighted by Gasteiger charge is -2.34. The highest BCUT2D eigenvalue weighted by molar-refractivity contribution is 6.08. The lowest BCUT2D eigenvalue weighted by molar-refractivity contribution is 0.590. The van der Waals surface area contributed by atoms with Gasteiger partial charge < -0.3 is 4.90 Å². The van der Waals surface area contributed by atoms with Crippen molar-refractivity contribution >= 4 is 27.8 Å². The molecule has 1 aliphatic rings. The third kappa shape index (κ3) is 6.55. The van der Waals surface area contributed by atoms with Gasteiger partial charge in [-0.25, -0.2) is 0 Å². The van der Waals surface area contributed by atoms with E-state index in [1.165, 1.54) is 83.1 Å². The van der Waals surface area contributed by atoms with E-state index in [0.29, 0.717) is 0 Å². The van der Waals surface area contributed by atoms with Crippen LogP contribution in [0.3, 0.4) is 0 Å². The van der Waals surface area contributed by atoms with E-state index in [1.54, 1.807) is 0 Å². The summed E-state index contributed by atoms with van der Waals surface area (Å²) in [6.45, 7) is 6.81. The molecule has 0 N–H and O–H groups in total. The molecule has 64 heavy (non-hydrogen) atoms. The molecule has 0 radical (unpaired) electrons. The standard InChI is InChI=1S/C63H49N/c1-62(2,3)48-36-31-44(32-37-48)45-33-38-51(39-34-45)64(60-42-35-47-21-13-14-27-54(47)61(60)56-29-16-15-26-53(56)46-19-7-4-8-20-46)52-40-41-59-57(43-52)55-28-17-18-30-58(55)63(59,49-22-9-5-10-23-49)50-24-11-6-12-25-50/h4-43H,1-3H3. The fraction of sp³-hybridized carbons (Fsp3) is 0.0794. The average molecular weight is 820 g/mol. The maximum atomic E-state index is 2.49. The van der Waals surface area contributed by atoms with Gasteiger partial charge in [0.2, 0.25) is 0 Å². The zero-order valence-electron chi connectivity index (χ0n) is 36.5. The first kappa shape index (κ1) is 39.1. The van der Waals surface area contributed by atoms with Gasteiger partial charge in [0.25, 0.3) is 0 Å². The van der Waals surface area contributed by atoms with Gasteiger partial charge in [-0.2, -0.15) is 0 Å². The Balaban J connectivity index is 1.17. The summed E-state index contributed by atoms with van der Waals surface area (Å²) >= 11 is 0. The fourth-order valence-corrected chi connectivity index (χ4v) is 10.3. The summed E-state index contributed by atoms with van der Waals surface area (Å²) in [6, 6.07) is 89.7. The van der Waals surface area contributed by atoms with Crippen molar-refractivity contribution in [1.29, 1.82) is 0 Å². The van der Waals surface area contributed by atoms with Crippen molar-refractivity contribution in [3.05, 3.63) is 270 Å². The molecule has 1 nitrogen and oxygen atoms in total. The van der Waals surface area contributed by atoms with Crippen molar-refractivity contribution < 1.29 is 0 Å². The Hall–Kier alpha value is -7.74. The number of fused-ring (bicyclic) bond motifs is 4. The molecule has 0 atom stereocenters. The van der Waals surface area contributed by atoms with Crippen LogP contribution in [0.15, 0.2) is 243 Å². The number of benzene rings is 10. The molecule has 306 valence electrons. The van der Waals surface area contributed by atoms with Crippen LogP contribution < -0.4 is 4.90 Å². The van der Waals surface area contributed by atoms with Gasteiger partial charge in [0.1, 0.15) is 0 Å². The number of hydrogen-bond donors (Lipinski definition) is 0. The molecule has 0 fully saturated rings. The maximum absolute atomic E-state index is 2.49. The van der Waals surface area contributed by atoms with Crippen molar-refractivity contribution in [2.45, 2.75) is 31.6 Å². The van der Waals surface area contributed by atoms with E-state index >= 15 is 0 Å². The molecule has 0 heterocycles. The van der Waals surface area contributed by atoms with Gasteiger partial charge in [0, 0.05) is 16.9 Å². The second-order valence-corrected chi connectivity index (χ2v) is 18.1. The molecule has 0 amide bonds. The molecule has 0 saturated carbocycles. The third-order valence-corrected chi connectivity index (χ3v) is 13.3. The van der Waals surface area contributed by atoms with Crippen LogP contribution in [-0.4, -0.2) is 0 Å². The van der Waals surface area contributed by atoms with E-state index in [1.807, 2.05) is 0 Å². The predicted octanol–water partition coefficient (Wildman–Crippen LogP) is 17.0. The molecule has 1 aliphatic carbocycles. The monoisotopic (exact) mass is 819 g/mol. The smallest absolute Gasteiger partial charge is 0.0713 e. The van der Waals surface area contributed by atoms with Crippen molar-refractivity contribution in [2.75, 3.05) is 4.90 Å². The van der Waals surface area contributed by atoms with Gasteiger partial charge in [-0.1, -0.05) is 233 Å². The van der Waals surface area contributed by atoms with Gasteiger partial charge in [-0.3, -0.25) is 0 Å². The Morgan fingerprint density at radius 1 is 0.359 bits per heavy atom. The van der Waals surface area contributed by atoms with Crippen molar-refractivity contribution in [3.63, 3.8) is 0 Å². The summed E-state index contributed by atoms with van der Waals surface area (Å²) in [4.78, 5) is 2.49. The topological polar surface area (TPSA) is 3.24 Å². The first-order chi connectivity index (χ1) is 31.4. The van der Waals surface area contributed by atoms with Crippen LogP contribution in [0.2, 0.25) is 0 Å². The highest BCUT2D eigenvalue weighted by Crippen LogP contribution is 2.57. The maximum Gasteiger partial charge on any atom is 0.0713 e. The Morgan fingerprint density at radius 2 is 0.875 bits per heavy atom. The molecule has 0 bridgehead atoms. The molecule has 10 aromatic carbocycles. The number of hydrogen-bond acceptors (Lipinski definition) is 1. The van der Waals surface area contributed by atoms with Crippen molar-refractivity contribution in [3.8, 4) is 44.5 Å². The third-order valence-electron chi connectivity index (χ3n) is 13.3. The molecule has 11 rings (SSSR count). The Morgan fingerprint density at radius 3 is 1.53 bits per heavy atom. The zero-order chi connectivity index (χ0) is 43.3. The van der Waals surface area contributed by atoms with Crippen LogP contribution >= 0.6 is 0 Å². The first-order valence-electron chi connectivity index (χ1n) is 22.4. The summed E-state index contributed by atoms with van der Waals surface area (Å²) in [7, 11) is 0. The predicted molar refractivity (Wildman–Crippen MR) is 271 cm³/mol. The summed E-state index contributed by atoms with van der Waals surface area (Å²) in [5.74, 6) is 0. The van der Waals surface area contributed by atoms with Crippen molar-refractivity contribution in [1.82, 2.24) is 0 Å². The summed E-state index contributed by atoms with van der Waals surface area (Å²) in [5, 5.41) is 2.42. The summed E-state index contributed by atoms with van der Waals surface area (Å²) in [5.41, 5.74) is 19.1. The molecule has 0 aliphatic heterocycles. The van der Waals surface area contributed by atoms with Crippen LogP contribution in [-0.2, 0) is 10.8 Å². The molecule has 0 aromatic heterocycles. The molecule has 0 spiro atoms. The molecule has 0 saturated heterocycles. The minimum absolute atomic E-state index is 0.0950. The highest BCUT2D eigenvalue weighted by Gasteiger charge is 2.46. The summed E-state index contributed by atoms with van der Waals surface area (Å²) < 4.78 is 0. The van der Waals surface area contributed by atoms with Crippen LogP contribution in [0.5, 0.6) is 0 Å². The van der Waals surface area contributed by atoms with Crippen LogP contribution in [0.25, 0.3) is 55.3 Å². The number of anilines is 3. The number of nitrogens with zero attached hydrogens (tertiary/aromatic N) is 1. The molecule has 0 unspecified atom stereocenters. The SMILES string of the molecule is CC(C)(C)c1ccc(-c2ccc(N(c3ccc4c(c3)-c3ccccc3C4(c3ccccc3)c3ccccc3)c3ccc4ccccc4c3-c3ccccc3-c3ccccc3)cc2)cc1. The minimum Gasteiger partial charge on any atom is -0.310 e. The van der Waals surface area contributed by atoms with Crippen molar-refractivity contribution in [2.24, 2.45) is 0 Å². The van der Waals surface area contributed by atoms with Crippen LogP contribution in [0, 0.1) is 0 Å². The van der Waals surface area contributed by atoms with Gasteiger partial charge >= 0.3 is 0 Å². The summed E-state index contributed by atoms with van der Waals surface area (Å²) in [6.07, 6.45) is 0. The lowest BCUT2D eigenvalue weighted by atomic mass is 9.68. The van der Waals surface area contributed by atoms with Crippen LogP contribution in [0.4, 0.5) is 17.1 Å². The average Bonchev–Trinajstić information content (AvgIpc) is 3.65. The van der Waals surface area contributed by atoms with Crippen LogP contribution in [0.1, 0.15) is 48.6 Å². The Bertz CT molecular complexity index is 3230. The van der Waals surface area contributed by atoms with E-state index in [-0.39, 0.29) is 5.41 Å². The fourth-order valence-electron chi connectivity index (χ4n) is 10.3. The largest absolute Gasteiger partial charge is 0.310 e. The first-order valence-corrected chi connectivity index (χ1v) is 22.4. The van der Waals surface area contributed by atoms with Gasteiger partial charge in [0.05, 0.1) is 11.1 Å². The second-order valence-electron chi connectivity index (χ2n) is 18.1. The quantitative estimate of drug-likeness (QED) is 0.148. The van der Waals surface area contributed by atoms with E-state index in [0.717, 1.165) is 17.1 Å². The lowest BCUT2D eigenvalue weighted by Crippen LogP contribution is -2.28. The highest BCUT2D eigenvalue weighted by atomic mass is 15.1. The van der Waals surface area contributed by atoms with Gasteiger partial charge in [-0.15, -0.1) is 0 Å². The van der Waals surface area contributed by atoms with E-state index in [4.69, 9.17) is 0 Å². The Labute approximate surface area is 377 Å². The van der Waals surface area contributed by atoms with E-state index in [2.05, 4.69) is 268 Å². The van der Waals surface area contributed by atoms with Gasteiger partial charge in [0.15, 0.2) is 0 Å². The normalized spacial score (nSPS) is 12.7.